The molecular formula is C17H20Cl2N6O. The van der Waals surface area contributed by atoms with Gasteiger partial charge in [0.25, 0.3) is 5.91 Å². The van der Waals surface area contributed by atoms with Gasteiger partial charge in [0.15, 0.2) is 5.82 Å². The molecule has 0 unspecified atom stereocenters. The molecule has 1 saturated heterocycles. The van der Waals surface area contributed by atoms with Gasteiger partial charge in [-0.15, -0.1) is 0 Å². The summed E-state index contributed by atoms with van der Waals surface area (Å²) in [6, 6.07) is 4.76. The normalized spacial score (nSPS) is 13.8. The number of anilines is 2. The molecule has 1 aliphatic rings. The summed E-state index contributed by atoms with van der Waals surface area (Å²) in [4.78, 5) is 29.8. The minimum Gasteiger partial charge on any atom is -0.347 e. The molecule has 1 aliphatic heterocycles. The third-order valence-corrected chi connectivity index (χ3v) is 4.58. The topological polar surface area (TPSA) is 74.2 Å². The molecule has 1 amide bonds. The molecule has 0 aliphatic carbocycles. The van der Waals surface area contributed by atoms with Gasteiger partial charge in [0.2, 0.25) is 11.9 Å². The van der Waals surface area contributed by atoms with E-state index < -0.39 is 0 Å². The average Bonchev–Trinajstić information content (AvgIpc) is 3.14. The van der Waals surface area contributed by atoms with Crippen LogP contribution < -0.4 is 15.1 Å². The molecule has 0 spiro atoms. The fourth-order valence-corrected chi connectivity index (χ4v) is 3.16. The van der Waals surface area contributed by atoms with E-state index in [1.807, 2.05) is 19.0 Å². The highest BCUT2D eigenvalue weighted by atomic mass is 35.5. The highest BCUT2D eigenvalue weighted by Crippen LogP contribution is 2.21. The van der Waals surface area contributed by atoms with Crippen LogP contribution in [0.3, 0.4) is 0 Å². The standard InChI is InChI=1S/C17H20Cl2N6O/c1-24(2)16-21-14(22-17(23-16)25-7-3-4-8-25)10-20-15(26)12-6-5-11(18)9-13(12)19/h5-6,9H,3-4,7-8,10H2,1-2H3,(H,20,26). The Balaban J connectivity index is 1.77. The molecule has 0 bridgehead atoms. The van der Waals surface area contributed by atoms with Crippen molar-refractivity contribution < 1.29 is 4.79 Å². The number of nitrogens with one attached hydrogen (secondary N) is 1. The minimum atomic E-state index is -0.304. The van der Waals surface area contributed by atoms with E-state index in [0.717, 1.165) is 25.9 Å². The Kier molecular flexibility index (Phi) is 5.78. The van der Waals surface area contributed by atoms with E-state index in [-0.39, 0.29) is 12.5 Å². The van der Waals surface area contributed by atoms with E-state index >= 15 is 0 Å². The van der Waals surface area contributed by atoms with Crippen molar-refractivity contribution in [3.63, 3.8) is 0 Å². The van der Waals surface area contributed by atoms with Crippen molar-refractivity contribution in [3.8, 4) is 0 Å². The van der Waals surface area contributed by atoms with Crippen molar-refractivity contribution in [2.75, 3.05) is 37.0 Å². The lowest BCUT2D eigenvalue weighted by Gasteiger charge is -2.19. The molecule has 1 fully saturated rings. The number of halogens is 2. The van der Waals surface area contributed by atoms with Gasteiger partial charge in [0.1, 0.15) is 0 Å². The van der Waals surface area contributed by atoms with Crippen LogP contribution >= 0.6 is 23.2 Å². The molecule has 1 aromatic carbocycles. The summed E-state index contributed by atoms with van der Waals surface area (Å²) in [7, 11) is 3.75. The number of nitrogens with zero attached hydrogens (tertiary/aromatic N) is 5. The first-order chi connectivity index (χ1) is 12.4. The molecule has 1 N–H and O–H groups in total. The third-order valence-electron chi connectivity index (χ3n) is 4.03. The van der Waals surface area contributed by atoms with Crippen LogP contribution in [0.1, 0.15) is 29.0 Å². The van der Waals surface area contributed by atoms with Gasteiger partial charge in [-0.05, 0) is 31.0 Å². The molecule has 0 radical (unpaired) electrons. The monoisotopic (exact) mass is 394 g/mol. The predicted octanol–water partition coefficient (Wildman–Crippen LogP) is 2.77. The van der Waals surface area contributed by atoms with Crippen molar-refractivity contribution >= 4 is 41.0 Å². The maximum Gasteiger partial charge on any atom is 0.253 e. The molecule has 2 aromatic rings. The quantitative estimate of drug-likeness (QED) is 0.839. The van der Waals surface area contributed by atoms with Crippen molar-refractivity contribution in [2.45, 2.75) is 19.4 Å². The summed E-state index contributed by atoms with van der Waals surface area (Å²) in [6.07, 6.45) is 2.26. The second-order valence-corrected chi connectivity index (χ2v) is 7.09. The van der Waals surface area contributed by atoms with Crippen LogP contribution in [0.15, 0.2) is 18.2 Å². The molecule has 26 heavy (non-hydrogen) atoms. The number of rotatable bonds is 5. The fraction of sp³-hybridized carbons (Fsp3) is 0.412. The first-order valence-electron chi connectivity index (χ1n) is 8.34. The van der Waals surface area contributed by atoms with Crippen LogP contribution in [0.5, 0.6) is 0 Å². The van der Waals surface area contributed by atoms with Crippen molar-refractivity contribution in [3.05, 3.63) is 39.6 Å². The predicted molar refractivity (Wildman–Crippen MR) is 103 cm³/mol. The molecule has 2 heterocycles. The van der Waals surface area contributed by atoms with Crippen LogP contribution in [-0.2, 0) is 6.54 Å². The van der Waals surface area contributed by atoms with Gasteiger partial charge in [-0.1, -0.05) is 23.2 Å². The Morgan fingerprint density at radius 2 is 1.92 bits per heavy atom. The Hall–Kier alpha value is -2.12. The number of amides is 1. The highest BCUT2D eigenvalue weighted by Gasteiger charge is 2.18. The van der Waals surface area contributed by atoms with Gasteiger partial charge in [-0.3, -0.25) is 4.79 Å². The second kappa shape index (κ2) is 8.05. The number of hydrogen-bond donors (Lipinski definition) is 1. The Bertz CT molecular complexity index is 808. The van der Waals surface area contributed by atoms with Crippen molar-refractivity contribution in [2.24, 2.45) is 0 Å². The van der Waals surface area contributed by atoms with Crippen molar-refractivity contribution in [1.29, 1.82) is 0 Å². The van der Waals surface area contributed by atoms with Gasteiger partial charge < -0.3 is 15.1 Å². The summed E-state index contributed by atoms with van der Waals surface area (Å²) < 4.78 is 0. The number of carbonyl (C=O) groups excluding carboxylic acids is 1. The number of benzene rings is 1. The number of aromatic nitrogens is 3. The highest BCUT2D eigenvalue weighted by molar-refractivity contribution is 6.36. The van der Waals surface area contributed by atoms with E-state index in [0.29, 0.717) is 33.3 Å². The zero-order chi connectivity index (χ0) is 18.7. The van der Waals surface area contributed by atoms with Gasteiger partial charge in [0.05, 0.1) is 17.1 Å². The van der Waals surface area contributed by atoms with Crippen LogP contribution in [0, 0.1) is 0 Å². The summed E-state index contributed by atoms with van der Waals surface area (Å²) in [5.41, 5.74) is 0.359. The molecule has 7 nitrogen and oxygen atoms in total. The average molecular weight is 395 g/mol. The first kappa shape index (κ1) is 18.7. The Morgan fingerprint density at radius 1 is 1.19 bits per heavy atom. The molecule has 9 heteroatoms. The molecule has 3 rings (SSSR count). The smallest absolute Gasteiger partial charge is 0.253 e. The van der Waals surface area contributed by atoms with E-state index in [2.05, 4.69) is 25.2 Å². The summed E-state index contributed by atoms with van der Waals surface area (Å²) in [5.74, 6) is 1.41. The Labute approximate surface area is 162 Å². The second-order valence-electron chi connectivity index (χ2n) is 6.25. The zero-order valence-corrected chi connectivity index (χ0v) is 16.2. The Morgan fingerprint density at radius 3 is 2.58 bits per heavy atom. The molecule has 1 aromatic heterocycles. The lowest BCUT2D eigenvalue weighted by atomic mass is 10.2. The number of carbonyl (C=O) groups is 1. The van der Waals surface area contributed by atoms with Gasteiger partial charge >= 0.3 is 0 Å². The molecule has 138 valence electrons. The van der Waals surface area contributed by atoms with E-state index in [1.54, 1.807) is 12.1 Å². The maximum absolute atomic E-state index is 12.4. The van der Waals surface area contributed by atoms with Crippen LogP contribution in [0.4, 0.5) is 11.9 Å². The molecular weight excluding hydrogens is 375 g/mol. The van der Waals surface area contributed by atoms with E-state index in [4.69, 9.17) is 23.2 Å². The maximum atomic E-state index is 12.4. The lowest BCUT2D eigenvalue weighted by Crippen LogP contribution is -2.27. The summed E-state index contributed by atoms with van der Waals surface area (Å²) >= 11 is 12.0. The minimum absolute atomic E-state index is 0.183. The summed E-state index contributed by atoms with van der Waals surface area (Å²) in [6.45, 7) is 2.05. The van der Waals surface area contributed by atoms with E-state index in [1.165, 1.54) is 6.07 Å². The van der Waals surface area contributed by atoms with Gasteiger partial charge in [-0.2, -0.15) is 15.0 Å². The number of hydrogen-bond acceptors (Lipinski definition) is 6. The fourth-order valence-electron chi connectivity index (χ4n) is 2.66. The van der Waals surface area contributed by atoms with Gasteiger partial charge in [-0.25, -0.2) is 0 Å². The van der Waals surface area contributed by atoms with Crippen LogP contribution in [-0.4, -0.2) is 48.0 Å². The van der Waals surface area contributed by atoms with E-state index in [9.17, 15) is 4.79 Å². The summed E-state index contributed by atoms with van der Waals surface area (Å²) in [5, 5.41) is 3.59. The SMILES string of the molecule is CN(C)c1nc(CNC(=O)c2ccc(Cl)cc2Cl)nc(N2CCCC2)n1. The van der Waals surface area contributed by atoms with Gasteiger partial charge in [0, 0.05) is 32.2 Å². The lowest BCUT2D eigenvalue weighted by molar-refractivity contribution is 0.0950. The van der Waals surface area contributed by atoms with Crippen molar-refractivity contribution in [1.82, 2.24) is 20.3 Å². The van der Waals surface area contributed by atoms with Crippen LogP contribution in [0.25, 0.3) is 0 Å². The third kappa shape index (κ3) is 4.34. The largest absolute Gasteiger partial charge is 0.347 e. The van der Waals surface area contributed by atoms with Crippen LogP contribution in [0.2, 0.25) is 10.0 Å². The molecule has 0 saturated carbocycles. The molecule has 0 atom stereocenters. The first-order valence-corrected chi connectivity index (χ1v) is 9.10. The zero-order valence-electron chi connectivity index (χ0n) is 14.7.